The molecular formula is C8H19NOS. The highest BCUT2D eigenvalue weighted by Crippen LogP contribution is 2.10. The van der Waals surface area contributed by atoms with E-state index in [9.17, 15) is 0 Å². The average Bonchev–Trinajstić information content (AvgIpc) is 2.00. The first-order valence-electron chi connectivity index (χ1n) is 3.85. The molecule has 11 heavy (non-hydrogen) atoms. The van der Waals surface area contributed by atoms with E-state index in [-0.39, 0.29) is 12.1 Å². The molecule has 0 unspecified atom stereocenters. The van der Waals surface area contributed by atoms with Crippen LogP contribution in [0.5, 0.6) is 0 Å². The van der Waals surface area contributed by atoms with Gasteiger partial charge in [0.2, 0.25) is 0 Å². The van der Waals surface area contributed by atoms with Crippen LogP contribution in [0, 0.1) is 0 Å². The van der Waals surface area contributed by atoms with Crippen molar-refractivity contribution >= 4 is 11.8 Å². The van der Waals surface area contributed by atoms with Crippen molar-refractivity contribution in [3.05, 3.63) is 0 Å². The fourth-order valence-electron chi connectivity index (χ4n) is 0.652. The Morgan fingerprint density at radius 1 is 1.45 bits per heavy atom. The van der Waals surface area contributed by atoms with Crippen LogP contribution in [0.4, 0.5) is 0 Å². The maximum Gasteiger partial charge on any atom is 0.0609 e. The minimum Gasteiger partial charge on any atom is -0.394 e. The summed E-state index contributed by atoms with van der Waals surface area (Å²) in [6.45, 7) is 5.35. The highest BCUT2D eigenvalue weighted by atomic mass is 32.2. The molecule has 0 bridgehead atoms. The molecule has 0 aliphatic heterocycles. The normalized spacial score (nSPS) is 12.5. The van der Waals surface area contributed by atoms with Gasteiger partial charge in [-0.25, -0.2) is 0 Å². The van der Waals surface area contributed by atoms with Crippen LogP contribution in [0.2, 0.25) is 0 Å². The second kappa shape index (κ2) is 5.01. The number of thioether (sulfide) groups is 1. The van der Waals surface area contributed by atoms with Crippen LogP contribution < -0.4 is 0 Å². The van der Waals surface area contributed by atoms with Gasteiger partial charge >= 0.3 is 0 Å². The first kappa shape index (κ1) is 11.3. The van der Waals surface area contributed by atoms with E-state index < -0.39 is 0 Å². The molecule has 68 valence electrons. The molecule has 0 saturated carbocycles. The van der Waals surface area contributed by atoms with Crippen LogP contribution in [0.3, 0.4) is 0 Å². The monoisotopic (exact) mass is 177 g/mol. The number of rotatable bonds is 5. The molecule has 0 rings (SSSR count). The number of hydrogen-bond donors (Lipinski definition) is 1. The third kappa shape index (κ3) is 3.99. The third-order valence-corrected chi connectivity index (χ3v) is 2.64. The predicted molar refractivity (Wildman–Crippen MR) is 52.2 cm³/mol. The van der Waals surface area contributed by atoms with Crippen molar-refractivity contribution < 1.29 is 5.11 Å². The number of likely N-dealkylation sites (N-methyl/N-ethyl adjacent to an activating group) is 1. The van der Waals surface area contributed by atoms with Crippen molar-refractivity contribution in [1.29, 1.82) is 0 Å². The lowest BCUT2D eigenvalue weighted by atomic mass is 10.1. The molecule has 0 fully saturated rings. The maximum atomic E-state index is 9.02. The van der Waals surface area contributed by atoms with E-state index in [1.807, 2.05) is 32.7 Å². The first-order valence-corrected chi connectivity index (χ1v) is 5.25. The van der Waals surface area contributed by atoms with Gasteiger partial charge < -0.3 is 5.11 Å². The molecule has 0 spiro atoms. The van der Waals surface area contributed by atoms with Gasteiger partial charge in [0.25, 0.3) is 0 Å². The fraction of sp³-hybridized carbons (Fsp3) is 1.00. The lowest BCUT2D eigenvalue weighted by Crippen LogP contribution is -2.45. The van der Waals surface area contributed by atoms with Crippen molar-refractivity contribution in [3.63, 3.8) is 0 Å². The zero-order chi connectivity index (χ0) is 8.91. The molecule has 3 heteroatoms. The molecule has 0 amide bonds. The standard InChI is InChI=1S/C8H19NOS/c1-8(2,7-10)9(3)5-6-11-4/h10H,5-7H2,1-4H3. The topological polar surface area (TPSA) is 23.5 Å². The van der Waals surface area contributed by atoms with Gasteiger partial charge in [0.05, 0.1) is 6.61 Å². The second-order valence-corrected chi connectivity index (χ2v) is 4.37. The van der Waals surface area contributed by atoms with Crippen LogP contribution in [0.15, 0.2) is 0 Å². The third-order valence-electron chi connectivity index (χ3n) is 2.05. The quantitative estimate of drug-likeness (QED) is 0.679. The predicted octanol–water partition coefficient (Wildman–Crippen LogP) is 1.05. The summed E-state index contributed by atoms with van der Waals surface area (Å²) < 4.78 is 0. The van der Waals surface area contributed by atoms with Gasteiger partial charge in [-0.15, -0.1) is 0 Å². The molecular weight excluding hydrogens is 158 g/mol. The minimum absolute atomic E-state index is 0.0737. The number of hydrogen-bond acceptors (Lipinski definition) is 3. The summed E-state index contributed by atoms with van der Waals surface area (Å²) in [7, 11) is 2.05. The van der Waals surface area contributed by atoms with Crippen molar-refractivity contribution in [3.8, 4) is 0 Å². The molecule has 0 aliphatic carbocycles. The summed E-state index contributed by atoms with van der Waals surface area (Å²) in [5.74, 6) is 1.12. The molecule has 0 saturated heterocycles. The van der Waals surface area contributed by atoms with Crippen molar-refractivity contribution in [2.24, 2.45) is 0 Å². The Hall–Kier alpha value is 0.270. The van der Waals surface area contributed by atoms with E-state index in [1.54, 1.807) is 0 Å². The van der Waals surface area contributed by atoms with Gasteiger partial charge in [0.15, 0.2) is 0 Å². The fourth-order valence-corrected chi connectivity index (χ4v) is 1.11. The van der Waals surface area contributed by atoms with E-state index in [2.05, 4.69) is 11.2 Å². The lowest BCUT2D eigenvalue weighted by Gasteiger charge is -2.33. The molecule has 1 N–H and O–H groups in total. The Morgan fingerprint density at radius 3 is 2.36 bits per heavy atom. The summed E-state index contributed by atoms with van der Waals surface area (Å²) in [5.41, 5.74) is -0.0737. The SMILES string of the molecule is CSCCN(C)C(C)(C)CO. The van der Waals surface area contributed by atoms with Gasteiger partial charge in [-0.05, 0) is 27.2 Å². The molecule has 2 nitrogen and oxygen atoms in total. The lowest BCUT2D eigenvalue weighted by molar-refractivity contribution is 0.0845. The smallest absolute Gasteiger partial charge is 0.0609 e. The first-order chi connectivity index (χ1) is 5.04. The minimum atomic E-state index is -0.0737. The summed E-state index contributed by atoms with van der Waals surface area (Å²) in [6, 6.07) is 0. The summed E-state index contributed by atoms with van der Waals surface area (Å²) in [6.07, 6.45) is 2.10. The highest BCUT2D eigenvalue weighted by Gasteiger charge is 2.21. The zero-order valence-electron chi connectivity index (χ0n) is 7.92. The Bertz CT molecular complexity index is 106. The van der Waals surface area contributed by atoms with Crippen LogP contribution in [-0.2, 0) is 0 Å². The van der Waals surface area contributed by atoms with E-state index in [0.717, 1.165) is 12.3 Å². The Morgan fingerprint density at radius 2 is 2.00 bits per heavy atom. The summed E-state index contributed by atoms with van der Waals surface area (Å²) in [4.78, 5) is 2.18. The summed E-state index contributed by atoms with van der Waals surface area (Å²) in [5, 5.41) is 9.02. The van der Waals surface area contributed by atoms with Crippen LogP contribution in [0.1, 0.15) is 13.8 Å². The van der Waals surface area contributed by atoms with Crippen molar-refractivity contribution in [2.45, 2.75) is 19.4 Å². The molecule has 0 aromatic heterocycles. The number of aliphatic hydroxyl groups excluding tert-OH is 1. The van der Waals surface area contributed by atoms with Crippen molar-refractivity contribution in [2.75, 3.05) is 32.2 Å². The van der Waals surface area contributed by atoms with Crippen LogP contribution in [0.25, 0.3) is 0 Å². The second-order valence-electron chi connectivity index (χ2n) is 3.38. The highest BCUT2D eigenvalue weighted by molar-refractivity contribution is 7.98. The van der Waals surface area contributed by atoms with Gasteiger partial charge in [-0.2, -0.15) is 11.8 Å². The van der Waals surface area contributed by atoms with E-state index in [1.165, 1.54) is 0 Å². The van der Waals surface area contributed by atoms with Gasteiger partial charge in [0.1, 0.15) is 0 Å². The Labute approximate surface area is 74.0 Å². The molecule has 0 aromatic carbocycles. The number of aliphatic hydroxyl groups is 1. The molecule has 0 aromatic rings. The molecule has 0 aliphatic rings. The molecule has 0 heterocycles. The molecule has 0 radical (unpaired) electrons. The van der Waals surface area contributed by atoms with Gasteiger partial charge in [0, 0.05) is 17.8 Å². The largest absolute Gasteiger partial charge is 0.394 e. The molecule has 0 atom stereocenters. The van der Waals surface area contributed by atoms with E-state index in [4.69, 9.17) is 5.11 Å². The zero-order valence-corrected chi connectivity index (χ0v) is 8.74. The van der Waals surface area contributed by atoms with Gasteiger partial charge in [-0.3, -0.25) is 4.90 Å². The van der Waals surface area contributed by atoms with Gasteiger partial charge in [-0.1, -0.05) is 0 Å². The summed E-state index contributed by atoms with van der Waals surface area (Å²) >= 11 is 1.83. The Kier molecular flexibility index (Phi) is 5.13. The van der Waals surface area contributed by atoms with E-state index >= 15 is 0 Å². The van der Waals surface area contributed by atoms with Crippen LogP contribution >= 0.6 is 11.8 Å². The average molecular weight is 177 g/mol. The van der Waals surface area contributed by atoms with Crippen LogP contribution in [-0.4, -0.2) is 47.8 Å². The van der Waals surface area contributed by atoms with E-state index in [0.29, 0.717) is 0 Å². The Balaban J connectivity index is 3.71. The number of nitrogens with zero attached hydrogens (tertiary/aromatic N) is 1. The maximum absolute atomic E-state index is 9.02. The van der Waals surface area contributed by atoms with Crippen molar-refractivity contribution in [1.82, 2.24) is 4.90 Å².